The lowest BCUT2D eigenvalue weighted by Crippen LogP contribution is -2.02. The fourth-order valence-corrected chi connectivity index (χ4v) is 5.75. The molecule has 0 aliphatic rings. The van der Waals surface area contributed by atoms with Crippen LogP contribution in [0.5, 0.6) is 17.4 Å². The van der Waals surface area contributed by atoms with Gasteiger partial charge in [0, 0.05) is 22.7 Å². The van der Waals surface area contributed by atoms with Crippen molar-refractivity contribution >= 4 is 23.5 Å². The molecule has 0 aliphatic heterocycles. The minimum absolute atomic E-state index is 0.193. The van der Waals surface area contributed by atoms with Gasteiger partial charge >= 0.3 is 0 Å². The van der Waals surface area contributed by atoms with Gasteiger partial charge in [0.1, 0.15) is 24.7 Å². The van der Waals surface area contributed by atoms with E-state index in [9.17, 15) is 0 Å². The van der Waals surface area contributed by atoms with E-state index in [1.807, 2.05) is 108 Å². The van der Waals surface area contributed by atoms with E-state index in [0.717, 1.165) is 45.1 Å². The van der Waals surface area contributed by atoms with Crippen molar-refractivity contribution < 1.29 is 18.6 Å². The molecule has 0 saturated heterocycles. The SMILES string of the molecule is CCc1nc(/C=C/c2cn(-c3ccccc3)nc2OCc2ccc(OCc3nc(-c4cccc(-c5nnn[nH]5)c4)oc3C)c(OC)c2)cs1. The summed E-state index contributed by atoms with van der Waals surface area (Å²) in [6.07, 6.45) is 6.83. The number of para-hydroxylation sites is 1. The summed E-state index contributed by atoms with van der Waals surface area (Å²) in [5, 5.41) is 21.9. The highest BCUT2D eigenvalue weighted by Crippen LogP contribution is 2.31. The quantitative estimate of drug-likeness (QED) is 0.132. The smallest absolute Gasteiger partial charge is 0.240 e. The minimum Gasteiger partial charge on any atom is -0.493 e. The monoisotopic (exact) mass is 672 g/mol. The molecule has 0 bridgehead atoms. The van der Waals surface area contributed by atoms with Crippen molar-refractivity contribution in [3.8, 4) is 45.9 Å². The average molecular weight is 673 g/mol. The molecule has 4 heterocycles. The number of methoxy groups -OCH3 is 1. The Bertz CT molecular complexity index is 2190. The van der Waals surface area contributed by atoms with E-state index >= 15 is 0 Å². The summed E-state index contributed by atoms with van der Waals surface area (Å²) in [4.78, 5) is 9.34. The summed E-state index contributed by atoms with van der Waals surface area (Å²) in [6.45, 7) is 4.43. The molecule has 49 heavy (non-hydrogen) atoms. The summed E-state index contributed by atoms with van der Waals surface area (Å²) < 4.78 is 25.9. The minimum atomic E-state index is 0.193. The summed E-state index contributed by atoms with van der Waals surface area (Å²) in [6, 6.07) is 23.3. The van der Waals surface area contributed by atoms with Crippen LogP contribution in [0.4, 0.5) is 0 Å². The molecule has 0 fully saturated rings. The Morgan fingerprint density at radius 1 is 0.918 bits per heavy atom. The van der Waals surface area contributed by atoms with Gasteiger partial charge in [-0.1, -0.05) is 43.3 Å². The first-order valence-electron chi connectivity index (χ1n) is 15.6. The number of aryl methyl sites for hydroxylation is 2. The molecule has 1 N–H and O–H groups in total. The van der Waals surface area contributed by atoms with Gasteiger partial charge in [-0.2, -0.15) is 0 Å². The van der Waals surface area contributed by atoms with E-state index in [4.69, 9.17) is 28.7 Å². The van der Waals surface area contributed by atoms with Crippen LogP contribution in [0.25, 0.3) is 40.7 Å². The van der Waals surface area contributed by atoms with Gasteiger partial charge in [-0.25, -0.2) is 19.7 Å². The molecular formula is C36H32N8O4S. The van der Waals surface area contributed by atoms with Crippen molar-refractivity contribution in [3.05, 3.63) is 118 Å². The van der Waals surface area contributed by atoms with Crippen molar-refractivity contribution in [2.45, 2.75) is 33.5 Å². The Balaban J connectivity index is 1.04. The van der Waals surface area contributed by atoms with Crippen LogP contribution < -0.4 is 14.2 Å². The van der Waals surface area contributed by atoms with Crippen LogP contribution in [0.3, 0.4) is 0 Å². The largest absolute Gasteiger partial charge is 0.493 e. The van der Waals surface area contributed by atoms with Gasteiger partial charge in [0.25, 0.3) is 0 Å². The fourth-order valence-electron chi connectivity index (χ4n) is 5.04. The molecule has 246 valence electrons. The lowest BCUT2D eigenvalue weighted by atomic mass is 10.1. The maximum Gasteiger partial charge on any atom is 0.240 e. The van der Waals surface area contributed by atoms with Crippen LogP contribution in [-0.4, -0.2) is 47.5 Å². The number of aromatic nitrogens is 8. The highest BCUT2D eigenvalue weighted by Gasteiger charge is 2.16. The number of nitrogens with zero attached hydrogens (tertiary/aromatic N) is 7. The van der Waals surface area contributed by atoms with E-state index in [-0.39, 0.29) is 13.2 Å². The number of oxazole rings is 1. The molecular weight excluding hydrogens is 641 g/mol. The average Bonchev–Trinajstić information content (AvgIpc) is 3.97. The molecule has 12 nitrogen and oxygen atoms in total. The lowest BCUT2D eigenvalue weighted by molar-refractivity contribution is 0.275. The van der Waals surface area contributed by atoms with Crippen LogP contribution >= 0.6 is 11.3 Å². The predicted octanol–water partition coefficient (Wildman–Crippen LogP) is 7.37. The van der Waals surface area contributed by atoms with E-state index < -0.39 is 0 Å². The Morgan fingerprint density at radius 2 is 1.80 bits per heavy atom. The maximum absolute atomic E-state index is 6.27. The van der Waals surface area contributed by atoms with Crippen LogP contribution in [0.2, 0.25) is 0 Å². The third-order valence-corrected chi connectivity index (χ3v) is 8.63. The number of hydrogen-bond donors (Lipinski definition) is 1. The number of ether oxygens (including phenoxy) is 3. The first-order valence-corrected chi connectivity index (χ1v) is 16.4. The lowest BCUT2D eigenvalue weighted by Gasteiger charge is -2.12. The zero-order chi connectivity index (χ0) is 33.6. The number of nitrogens with one attached hydrogen (secondary N) is 1. The Morgan fingerprint density at radius 3 is 2.59 bits per heavy atom. The van der Waals surface area contributed by atoms with E-state index in [0.29, 0.717) is 40.5 Å². The van der Waals surface area contributed by atoms with Crippen molar-refractivity contribution in [2.75, 3.05) is 7.11 Å². The number of rotatable bonds is 13. The zero-order valence-electron chi connectivity index (χ0n) is 27.0. The number of H-pyrrole nitrogens is 1. The highest BCUT2D eigenvalue weighted by atomic mass is 32.1. The Labute approximate surface area is 286 Å². The third-order valence-electron chi connectivity index (χ3n) is 7.62. The van der Waals surface area contributed by atoms with Gasteiger partial charge in [-0.3, -0.25) is 0 Å². The van der Waals surface area contributed by atoms with E-state index in [2.05, 4.69) is 32.5 Å². The van der Waals surface area contributed by atoms with Crippen molar-refractivity contribution in [1.82, 2.24) is 40.4 Å². The predicted molar refractivity (Wildman–Crippen MR) is 185 cm³/mol. The van der Waals surface area contributed by atoms with Gasteiger partial charge < -0.3 is 18.6 Å². The number of aromatic amines is 1. The molecule has 0 amide bonds. The van der Waals surface area contributed by atoms with Crippen LogP contribution in [0.1, 0.15) is 40.2 Å². The molecule has 0 atom stereocenters. The third kappa shape index (κ3) is 7.26. The molecule has 7 rings (SSSR count). The molecule has 4 aromatic heterocycles. The molecule has 0 unspecified atom stereocenters. The van der Waals surface area contributed by atoms with Gasteiger partial charge in [0.05, 0.1) is 29.1 Å². The topological polar surface area (TPSA) is 139 Å². The molecule has 13 heteroatoms. The van der Waals surface area contributed by atoms with Crippen molar-refractivity contribution in [2.24, 2.45) is 0 Å². The number of tetrazole rings is 1. The molecule has 0 spiro atoms. The number of thiazole rings is 1. The second-order valence-corrected chi connectivity index (χ2v) is 11.9. The summed E-state index contributed by atoms with van der Waals surface area (Å²) in [5.41, 5.74) is 5.87. The van der Waals surface area contributed by atoms with Gasteiger partial charge in [0.15, 0.2) is 17.3 Å². The van der Waals surface area contributed by atoms with E-state index in [1.165, 1.54) is 0 Å². The molecule has 0 aliphatic carbocycles. The summed E-state index contributed by atoms with van der Waals surface area (Å²) in [7, 11) is 1.61. The summed E-state index contributed by atoms with van der Waals surface area (Å²) in [5.74, 6) is 3.34. The second kappa shape index (κ2) is 14.4. The highest BCUT2D eigenvalue weighted by molar-refractivity contribution is 7.09. The standard InChI is InChI=1S/C36H32N8O4S/c1-4-33-37-28(22-49-33)15-14-27-19-44(29-11-6-5-7-12-29)41-36(27)47-20-24-13-16-31(32(17-24)45-3)46-21-30-23(2)48-35(38-30)26-10-8-9-25(18-26)34-39-42-43-40-34/h5-19,22H,4,20-21H2,1-3H3,(H,39,40,42,43)/b15-14+. The molecule has 3 aromatic carbocycles. The van der Waals surface area contributed by atoms with Gasteiger partial charge in [0.2, 0.25) is 11.8 Å². The van der Waals surface area contributed by atoms with Crippen molar-refractivity contribution in [3.63, 3.8) is 0 Å². The van der Waals surface area contributed by atoms with Crippen molar-refractivity contribution in [1.29, 1.82) is 0 Å². The normalized spacial score (nSPS) is 11.3. The zero-order valence-corrected chi connectivity index (χ0v) is 27.8. The van der Waals surface area contributed by atoms with Crippen LogP contribution in [0.15, 0.2) is 88.8 Å². The number of hydrogen-bond acceptors (Lipinski definition) is 11. The van der Waals surface area contributed by atoms with E-state index in [1.54, 1.807) is 18.4 Å². The number of benzene rings is 3. The van der Waals surface area contributed by atoms with Gasteiger partial charge in [-0.15, -0.1) is 21.5 Å². The second-order valence-electron chi connectivity index (χ2n) is 10.9. The molecule has 7 aromatic rings. The summed E-state index contributed by atoms with van der Waals surface area (Å²) >= 11 is 1.65. The Hall–Kier alpha value is -6.08. The molecule has 0 saturated carbocycles. The fraction of sp³-hybridized carbons (Fsp3) is 0.167. The maximum atomic E-state index is 6.27. The first kappa shape index (κ1) is 31.5. The first-order chi connectivity index (χ1) is 24.1. The molecule has 0 radical (unpaired) electrons. The van der Waals surface area contributed by atoms with Crippen LogP contribution in [-0.2, 0) is 19.6 Å². The van der Waals surface area contributed by atoms with Crippen LogP contribution in [0, 0.1) is 6.92 Å². The Kier molecular flexibility index (Phi) is 9.23. The van der Waals surface area contributed by atoms with Gasteiger partial charge in [-0.05, 0) is 77.9 Å².